The predicted octanol–water partition coefficient (Wildman–Crippen LogP) is 3.75. The molecule has 0 saturated carbocycles. The number of amidine groups is 1. The van der Waals surface area contributed by atoms with Crippen LogP contribution in [0.25, 0.3) is 6.08 Å². The summed E-state index contributed by atoms with van der Waals surface area (Å²) < 4.78 is 13.2. The Kier molecular flexibility index (Phi) is 3.79. The Balaban J connectivity index is 1.96. The van der Waals surface area contributed by atoms with Crippen molar-refractivity contribution in [3.63, 3.8) is 0 Å². The van der Waals surface area contributed by atoms with Gasteiger partial charge in [0.2, 0.25) is 0 Å². The molecular weight excluding hydrogens is 289 g/mol. The van der Waals surface area contributed by atoms with Crippen LogP contribution in [0.5, 0.6) is 0 Å². The molecule has 1 N–H and O–H groups in total. The summed E-state index contributed by atoms with van der Waals surface area (Å²) in [6.07, 6.45) is 5.18. The summed E-state index contributed by atoms with van der Waals surface area (Å²) in [5.41, 5.74) is 1.37. The fraction of sp³-hybridized carbons (Fsp3) is 0. The van der Waals surface area contributed by atoms with Gasteiger partial charge in [-0.2, -0.15) is 0 Å². The summed E-state index contributed by atoms with van der Waals surface area (Å²) >= 11 is 1.06. The van der Waals surface area contributed by atoms with Crippen LogP contribution in [0.1, 0.15) is 5.56 Å². The van der Waals surface area contributed by atoms with Crippen LogP contribution < -0.4 is 5.32 Å². The van der Waals surface area contributed by atoms with Gasteiger partial charge < -0.3 is 5.32 Å². The van der Waals surface area contributed by atoms with Gasteiger partial charge in [-0.3, -0.25) is 9.78 Å². The van der Waals surface area contributed by atoms with Crippen LogP contribution in [-0.2, 0) is 0 Å². The zero-order valence-corrected chi connectivity index (χ0v) is 11.6. The van der Waals surface area contributed by atoms with Crippen molar-refractivity contribution in [2.24, 2.45) is 4.99 Å². The molecule has 0 bridgehead atoms. The van der Waals surface area contributed by atoms with Crippen LogP contribution in [0.3, 0.4) is 0 Å². The molecule has 1 aromatic heterocycles. The number of carbonyl (C=O) groups excluding carboxylic acids is 1. The van der Waals surface area contributed by atoms with E-state index in [9.17, 15) is 9.18 Å². The number of carbonyl (C=O) groups is 1. The van der Waals surface area contributed by atoms with Gasteiger partial charge in [-0.1, -0.05) is 6.07 Å². The van der Waals surface area contributed by atoms with Crippen molar-refractivity contribution in [2.75, 3.05) is 0 Å². The molecule has 0 radical (unpaired) electrons. The average Bonchev–Trinajstić information content (AvgIpc) is 2.80. The number of nitrogens with zero attached hydrogens (tertiary/aromatic N) is 2. The average molecular weight is 299 g/mol. The van der Waals surface area contributed by atoms with Gasteiger partial charge in [-0.15, -0.1) is 0 Å². The maximum atomic E-state index is 13.2. The quantitative estimate of drug-likeness (QED) is 0.919. The van der Waals surface area contributed by atoms with Crippen molar-refractivity contribution in [3.8, 4) is 0 Å². The second-order valence-corrected chi connectivity index (χ2v) is 5.26. The van der Waals surface area contributed by atoms with Crippen LogP contribution in [0.15, 0.2) is 58.7 Å². The molecule has 1 aliphatic heterocycles. The van der Waals surface area contributed by atoms with Crippen molar-refractivity contribution in [1.82, 2.24) is 10.3 Å². The lowest BCUT2D eigenvalue weighted by atomic mass is 10.2. The minimum absolute atomic E-state index is 0.203. The Bertz CT molecular complexity index is 744. The van der Waals surface area contributed by atoms with E-state index in [2.05, 4.69) is 15.3 Å². The van der Waals surface area contributed by atoms with E-state index in [4.69, 9.17) is 0 Å². The zero-order valence-electron chi connectivity index (χ0n) is 10.8. The molecule has 2 aromatic rings. The van der Waals surface area contributed by atoms with Crippen molar-refractivity contribution >= 4 is 34.6 Å². The largest absolute Gasteiger partial charge is 0.300 e. The van der Waals surface area contributed by atoms with Crippen LogP contribution >= 0.6 is 11.8 Å². The molecule has 6 heteroatoms. The monoisotopic (exact) mass is 299 g/mol. The summed E-state index contributed by atoms with van der Waals surface area (Å²) in [6.45, 7) is 0. The molecule has 0 atom stereocenters. The van der Waals surface area contributed by atoms with Gasteiger partial charge in [-0.05, 0) is 53.7 Å². The van der Waals surface area contributed by atoms with Crippen molar-refractivity contribution < 1.29 is 9.18 Å². The number of pyridine rings is 1. The third kappa shape index (κ3) is 3.35. The first-order chi connectivity index (χ1) is 10.2. The SMILES string of the molecule is O=C1NC(=Nc2cccc(F)c2)C(=Cc2ccncc2)S1. The number of halogens is 1. The predicted molar refractivity (Wildman–Crippen MR) is 81.8 cm³/mol. The zero-order chi connectivity index (χ0) is 14.7. The number of rotatable bonds is 2. The van der Waals surface area contributed by atoms with E-state index >= 15 is 0 Å². The van der Waals surface area contributed by atoms with Gasteiger partial charge in [0.25, 0.3) is 5.24 Å². The molecule has 104 valence electrons. The van der Waals surface area contributed by atoms with Crippen molar-refractivity contribution in [2.45, 2.75) is 0 Å². The van der Waals surface area contributed by atoms with E-state index in [0.29, 0.717) is 16.4 Å². The summed E-state index contributed by atoms with van der Waals surface area (Å²) in [5, 5.41) is 2.46. The standard InChI is InChI=1S/C15H10FN3OS/c16-11-2-1-3-12(9-11)18-14-13(21-15(20)19-14)8-10-4-6-17-7-5-10/h1-9H,(H,18,19,20). The van der Waals surface area contributed by atoms with Gasteiger partial charge in [0, 0.05) is 12.4 Å². The molecule has 0 aliphatic carbocycles. The second-order valence-electron chi connectivity index (χ2n) is 4.24. The Morgan fingerprint density at radius 1 is 1.24 bits per heavy atom. The van der Waals surface area contributed by atoms with Gasteiger partial charge in [0.15, 0.2) is 0 Å². The third-order valence-electron chi connectivity index (χ3n) is 2.71. The topological polar surface area (TPSA) is 54.4 Å². The van der Waals surface area contributed by atoms with Gasteiger partial charge in [-0.25, -0.2) is 9.38 Å². The van der Waals surface area contributed by atoms with E-state index in [1.54, 1.807) is 24.5 Å². The molecule has 1 fully saturated rings. The minimum atomic E-state index is -0.367. The van der Waals surface area contributed by atoms with Crippen molar-refractivity contribution in [3.05, 3.63) is 65.1 Å². The maximum absolute atomic E-state index is 13.2. The van der Waals surface area contributed by atoms with E-state index in [1.165, 1.54) is 12.1 Å². The molecule has 1 aliphatic rings. The first-order valence-corrected chi connectivity index (χ1v) is 6.97. The van der Waals surface area contributed by atoms with Crippen molar-refractivity contribution in [1.29, 1.82) is 0 Å². The number of aromatic nitrogens is 1. The Labute approximate surface area is 124 Å². The summed E-state index contributed by atoms with van der Waals surface area (Å²) in [4.78, 5) is 20.5. The molecule has 3 rings (SSSR count). The fourth-order valence-corrected chi connectivity index (χ4v) is 2.53. The summed E-state index contributed by atoms with van der Waals surface area (Å²) in [6, 6.07) is 9.57. The number of hydrogen-bond donors (Lipinski definition) is 1. The van der Waals surface area contributed by atoms with Gasteiger partial charge >= 0.3 is 0 Å². The van der Waals surface area contributed by atoms with E-state index in [1.807, 2.05) is 18.2 Å². The molecule has 1 aromatic carbocycles. The second kappa shape index (κ2) is 5.88. The number of nitrogens with one attached hydrogen (secondary N) is 1. The number of amides is 1. The Hall–Kier alpha value is -2.47. The highest BCUT2D eigenvalue weighted by Crippen LogP contribution is 2.28. The molecule has 4 nitrogen and oxygen atoms in total. The lowest BCUT2D eigenvalue weighted by Crippen LogP contribution is -2.18. The van der Waals surface area contributed by atoms with Crippen LogP contribution in [0.2, 0.25) is 0 Å². The lowest BCUT2D eigenvalue weighted by Gasteiger charge is -2.00. The molecule has 0 unspecified atom stereocenters. The summed E-state index contributed by atoms with van der Waals surface area (Å²) in [5.74, 6) is 0.0564. The molecule has 0 spiro atoms. The first kappa shape index (κ1) is 13.5. The van der Waals surface area contributed by atoms with Crippen LogP contribution in [0, 0.1) is 5.82 Å². The highest BCUT2D eigenvalue weighted by Gasteiger charge is 2.23. The summed E-state index contributed by atoms with van der Waals surface area (Å²) in [7, 11) is 0. The lowest BCUT2D eigenvalue weighted by molar-refractivity contribution is 0.265. The van der Waals surface area contributed by atoms with Gasteiger partial charge in [0.05, 0.1) is 10.6 Å². The van der Waals surface area contributed by atoms with Crippen LogP contribution in [0.4, 0.5) is 14.9 Å². The first-order valence-electron chi connectivity index (χ1n) is 6.16. The number of benzene rings is 1. The van der Waals surface area contributed by atoms with Gasteiger partial charge in [0.1, 0.15) is 11.7 Å². The van der Waals surface area contributed by atoms with Crippen LogP contribution in [-0.4, -0.2) is 16.1 Å². The molecular formula is C15H10FN3OS. The molecule has 21 heavy (non-hydrogen) atoms. The van der Waals surface area contributed by atoms with E-state index < -0.39 is 0 Å². The highest BCUT2D eigenvalue weighted by molar-refractivity contribution is 8.18. The normalized spacial score (nSPS) is 18.2. The highest BCUT2D eigenvalue weighted by atomic mass is 32.2. The minimum Gasteiger partial charge on any atom is -0.300 e. The third-order valence-corrected chi connectivity index (χ3v) is 3.53. The van der Waals surface area contributed by atoms with E-state index in [0.717, 1.165) is 17.3 Å². The molecule has 2 heterocycles. The Morgan fingerprint density at radius 2 is 2.05 bits per heavy atom. The number of hydrogen-bond acceptors (Lipinski definition) is 4. The number of thioether (sulfide) groups is 1. The maximum Gasteiger partial charge on any atom is 0.289 e. The fourth-order valence-electron chi connectivity index (χ4n) is 1.80. The molecule has 1 amide bonds. The number of aliphatic imine (C=N–C) groups is 1. The van der Waals surface area contributed by atoms with E-state index in [-0.39, 0.29) is 11.1 Å². The smallest absolute Gasteiger partial charge is 0.289 e. The molecule has 1 saturated heterocycles. The Morgan fingerprint density at radius 3 is 2.81 bits per heavy atom.